The van der Waals surface area contributed by atoms with Crippen LogP contribution in [0.5, 0.6) is 0 Å². The highest BCUT2D eigenvalue weighted by atomic mass is 35.5. The van der Waals surface area contributed by atoms with Gasteiger partial charge in [-0.25, -0.2) is 4.98 Å². The summed E-state index contributed by atoms with van der Waals surface area (Å²) >= 11 is 7.75. The van der Waals surface area contributed by atoms with Crippen molar-refractivity contribution in [1.82, 2.24) is 9.55 Å². The monoisotopic (exact) mass is 369 g/mol. The predicted molar refractivity (Wildman–Crippen MR) is 106 cm³/mol. The molecular weight excluding hydrogens is 354 g/mol. The minimum atomic E-state index is 0.418. The van der Waals surface area contributed by atoms with Gasteiger partial charge in [-0.05, 0) is 23.3 Å². The molecule has 0 aliphatic carbocycles. The molecule has 2 aromatic carbocycles. The smallest absolute Gasteiger partial charge is 0.180 e. The predicted octanol–water partition coefficient (Wildman–Crippen LogP) is 4.11. The molecule has 0 saturated heterocycles. The van der Waals surface area contributed by atoms with E-state index >= 15 is 0 Å². The van der Waals surface area contributed by atoms with Crippen molar-refractivity contribution >= 4 is 34.7 Å². The van der Waals surface area contributed by atoms with Crippen LogP contribution in [0.1, 0.15) is 11.1 Å². The van der Waals surface area contributed by atoms with Crippen LogP contribution in [0, 0.1) is 0 Å². The van der Waals surface area contributed by atoms with Crippen molar-refractivity contribution in [1.29, 1.82) is 0 Å². The van der Waals surface area contributed by atoms with E-state index in [4.69, 9.17) is 17.3 Å². The summed E-state index contributed by atoms with van der Waals surface area (Å²) < 4.78 is 1.85. The van der Waals surface area contributed by atoms with Crippen molar-refractivity contribution in [2.24, 2.45) is 15.9 Å². The number of benzene rings is 2. The summed E-state index contributed by atoms with van der Waals surface area (Å²) in [4.78, 5) is 4.01. The van der Waals surface area contributed by atoms with E-state index in [2.05, 4.69) is 15.2 Å². The molecule has 25 heavy (non-hydrogen) atoms. The molecule has 0 fully saturated rings. The molecule has 0 spiro atoms. The van der Waals surface area contributed by atoms with Crippen LogP contribution in [0.2, 0.25) is 5.02 Å². The lowest BCUT2D eigenvalue weighted by atomic mass is 10.2. The number of thioether (sulfide) groups is 1. The fourth-order valence-electron chi connectivity index (χ4n) is 2.13. The molecular formula is C18H16ClN5S. The van der Waals surface area contributed by atoms with Crippen LogP contribution in [-0.4, -0.2) is 20.9 Å². The van der Waals surface area contributed by atoms with E-state index < -0.39 is 0 Å². The molecule has 0 bridgehead atoms. The maximum atomic E-state index is 6.30. The van der Waals surface area contributed by atoms with Gasteiger partial charge in [0.05, 0.1) is 23.3 Å². The van der Waals surface area contributed by atoms with Gasteiger partial charge in [-0.1, -0.05) is 59.8 Å². The van der Waals surface area contributed by atoms with Crippen molar-refractivity contribution in [2.45, 2.75) is 5.75 Å². The Hall–Kier alpha value is -2.57. The first kappa shape index (κ1) is 17.3. The molecule has 126 valence electrons. The molecule has 1 aromatic heterocycles. The van der Waals surface area contributed by atoms with Gasteiger partial charge in [0, 0.05) is 18.1 Å². The summed E-state index contributed by atoms with van der Waals surface area (Å²) in [6, 6.07) is 15.7. The van der Waals surface area contributed by atoms with Crippen molar-refractivity contribution < 1.29 is 0 Å². The standard InChI is InChI=1S/C18H16ClN5S/c19-16-10-15(6-7-17(16)24-9-8-21-13-24)11-22-23-18(20)25-12-14-4-2-1-3-5-14/h1-11,13H,12H2,(H2,20,23). The Morgan fingerprint density at radius 2 is 2.08 bits per heavy atom. The van der Waals surface area contributed by atoms with Crippen molar-refractivity contribution in [3.63, 3.8) is 0 Å². The number of nitrogens with zero attached hydrogens (tertiary/aromatic N) is 4. The van der Waals surface area contributed by atoms with Crippen molar-refractivity contribution in [3.05, 3.63) is 83.4 Å². The first-order valence-corrected chi connectivity index (χ1v) is 8.90. The van der Waals surface area contributed by atoms with Crippen LogP contribution in [0.3, 0.4) is 0 Å². The van der Waals surface area contributed by atoms with E-state index in [9.17, 15) is 0 Å². The Labute approximate surface area is 155 Å². The van der Waals surface area contributed by atoms with Gasteiger partial charge in [-0.15, -0.1) is 5.10 Å². The van der Waals surface area contributed by atoms with Crippen LogP contribution >= 0.6 is 23.4 Å². The van der Waals surface area contributed by atoms with Crippen LogP contribution in [0.4, 0.5) is 0 Å². The van der Waals surface area contributed by atoms with Gasteiger partial charge in [-0.2, -0.15) is 5.10 Å². The SMILES string of the molecule is NC(=NN=Cc1ccc(-n2ccnc2)c(Cl)c1)SCc1ccccc1. The lowest BCUT2D eigenvalue weighted by molar-refractivity contribution is 1.06. The van der Waals surface area contributed by atoms with Crippen LogP contribution in [0.25, 0.3) is 5.69 Å². The number of hydrogen-bond donors (Lipinski definition) is 1. The highest BCUT2D eigenvalue weighted by Crippen LogP contribution is 2.21. The highest BCUT2D eigenvalue weighted by molar-refractivity contribution is 8.13. The fraction of sp³-hybridized carbons (Fsp3) is 0.0556. The minimum absolute atomic E-state index is 0.418. The van der Waals surface area contributed by atoms with Crippen molar-refractivity contribution in [3.8, 4) is 5.69 Å². The topological polar surface area (TPSA) is 68.6 Å². The summed E-state index contributed by atoms with van der Waals surface area (Å²) in [5.41, 5.74) is 8.76. The number of nitrogens with two attached hydrogens (primary N) is 1. The zero-order chi connectivity index (χ0) is 17.5. The summed E-state index contributed by atoms with van der Waals surface area (Å²) in [5, 5.41) is 9.06. The molecule has 0 unspecified atom stereocenters. The van der Waals surface area contributed by atoms with E-state index in [1.165, 1.54) is 17.3 Å². The van der Waals surface area contributed by atoms with Crippen LogP contribution in [-0.2, 0) is 5.75 Å². The molecule has 7 heteroatoms. The molecule has 3 aromatic rings. The summed E-state index contributed by atoms with van der Waals surface area (Å²) in [6.45, 7) is 0. The number of hydrogen-bond acceptors (Lipinski definition) is 4. The third kappa shape index (κ3) is 4.95. The molecule has 5 nitrogen and oxygen atoms in total. The highest BCUT2D eigenvalue weighted by Gasteiger charge is 2.02. The zero-order valence-corrected chi connectivity index (χ0v) is 14.9. The molecule has 0 atom stereocenters. The summed E-state index contributed by atoms with van der Waals surface area (Å²) in [5.74, 6) is 0.761. The van der Waals surface area contributed by atoms with Gasteiger partial charge in [0.15, 0.2) is 5.17 Å². The largest absolute Gasteiger partial charge is 0.377 e. The number of halogens is 1. The molecule has 0 radical (unpaired) electrons. The minimum Gasteiger partial charge on any atom is -0.377 e. The van der Waals surface area contributed by atoms with Gasteiger partial charge < -0.3 is 10.3 Å². The Morgan fingerprint density at radius 1 is 1.24 bits per heavy atom. The van der Waals surface area contributed by atoms with Crippen LogP contribution < -0.4 is 5.73 Å². The second-order valence-electron chi connectivity index (χ2n) is 5.14. The molecule has 1 heterocycles. The molecule has 0 amide bonds. The van der Waals surface area contributed by atoms with Crippen LogP contribution in [0.15, 0.2) is 77.5 Å². The Morgan fingerprint density at radius 3 is 2.80 bits per heavy atom. The zero-order valence-electron chi connectivity index (χ0n) is 13.3. The molecule has 3 rings (SSSR count). The maximum absolute atomic E-state index is 6.30. The van der Waals surface area contributed by atoms with E-state index in [1.54, 1.807) is 18.7 Å². The lowest BCUT2D eigenvalue weighted by Crippen LogP contribution is -2.06. The van der Waals surface area contributed by atoms with E-state index in [0.29, 0.717) is 10.2 Å². The van der Waals surface area contributed by atoms with E-state index in [1.807, 2.05) is 59.3 Å². The molecule has 0 aliphatic heterocycles. The van der Waals surface area contributed by atoms with E-state index in [-0.39, 0.29) is 0 Å². The van der Waals surface area contributed by atoms with Crippen molar-refractivity contribution in [2.75, 3.05) is 0 Å². The quantitative estimate of drug-likeness (QED) is 0.418. The van der Waals surface area contributed by atoms with Gasteiger partial charge in [-0.3, -0.25) is 0 Å². The fourth-order valence-corrected chi connectivity index (χ4v) is 3.03. The number of aromatic nitrogens is 2. The maximum Gasteiger partial charge on any atom is 0.180 e. The Bertz CT molecular complexity index is 876. The van der Waals surface area contributed by atoms with E-state index in [0.717, 1.165) is 17.0 Å². The third-order valence-corrected chi connectivity index (χ3v) is 4.50. The molecule has 0 aliphatic rings. The summed E-state index contributed by atoms with van der Waals surface area (Å²) in [7, 11) is 0. The average molecular weight is 370 g/mol. The normalized spacial score (nSPS) is 12.0. The van der Waals surface area contributed by atoms with Gasteiger partial charge >= 0.3 is 0 Å². The third-order valence-electron chi connectivity index (χ3n) is 3.35. The Kier molecular flexibility index (Phi) is 5.87. The average Bonchev–Trinajstić information content (AvgIpc) is 3.15. The second-order valence-corrected chi connectivity index (χ2v) is 6.54. The lowest BCUT2D eigenvalue weighted by Gasteiger charge is -2.05. The second kappa shape index (κ2) is 8.50. The number of amidine groups is 1. The van der Waals surface area contributed by atoms with Gasteiger partial charge in [0.25, 0.3) is 0 Å². The number of rotatable bonds is 5. The first-order valence-electron chi connectivity index (χ1n) is 7.53. The summed E-state index contributed by atoms with van der Waals surface area (Å²) in [6.07, 6.45) is 6.86. The molecule has 2 N–H and O–H groups in total. The molecule has 0 saturated carbocycles. The van der Waals surface area contributed by atoms with Gasteiger partial charge in [0.1, 0.15) is 0 Å². The number of imidazole rings is 1. The Balaban J connectivity index is 1.60. The first-order chi connectivity index (χ1) is 12.2. The van der Waals surface area contributed by atoms with Gasteiger partial charge in [0.2, 0.25) is 0 Å².